The largest absolute Gasteiger partial charge is 0.0883 e. The molecule has 0 heteroatoms. The molecule has 0 radical (unpaired) electrons. The quantitative estimate of drug-likeness (QED) is 0.336. The molecule has 182 valence electrons. The Hall–Kier alpha value is -0.520. The van der Waals surface area contributed by atoms with Crippen LogP contribution >= 0.6 is 0 Å². The van der Waals surface area contributed by atoms with Crippen molar-refractivity contribution in [3.05, 3.63) is 24.3 Å². The smallest absolute Gasteiger partial charge is 0.0208 e. The van der Waals surface area contributed by atoms with E-state index >= 15 is 0 Å². The average Bonchev–Trinajstić information content (AvgIpc) is 2.91. The summed E-state index contributed by atoms with van der Waals surface area (Å²) in [7, 11) is 0. The summed E-state index contributed by atoms with van der Waals surface area (Å²) >= 11 is 0. The Balaban J connectivity index is 0.000000316. The zero-order chi connectivity index (χ0) is 22.6. The van der Waals surface area contributed by atoms with Crippen molar-refractivity contribution in [1.82, 2.24) is 0 Å². The monoisotopic (exact) mass is 430 g/mol. The minimum absolute atomic E-state index is 0.859. The van der Waals surface area contributed by atoms with Crippen LogP contribution in [0.25, 0.3) is 0 Å². The second-order valence-corrected chi connectivity index (χ2v) is 10.5. The van der Waals surface area contributed by atoms with Gasteiger partial charge in [0.25, 0.3) is 0 Å². The second kappa shape index (κ2) is 20.1. The van der Waals surface area contributed by atoms with Gasteiger partial charge in [-0.25, -0.2) is 0 Å². The molecule has 0 saturated carbocycles. The van der Waals surface area contributed by atoms with E-state index < -0.39 is 0 Å². The average molecular weight is 431 g/mol. The van der Waals surface area contributed by atoms with E-state index in [-0.39, 0.29) is 0 Å². The van der Waals surface area contributed by atoms with Crippen LogP contribution in [-0.2, 0) is 0 Å². The van der Waals surface area contributed by atoms with Crippen molar-refractivity contribution in [1.29, 1.82) is 0 Å². The highest BCUT2D eigenvalue weighted by atomic mass is 14.2. The van der Waals surface area contributed by atoms with Gasteiger partial charge in [0, 0.05) is 0 Å². The van der Waals surface area contributed by atoms with Gasteiger partial charge in [0.1, 0.15) is 0 Å². The third-order valence-corrected chi connectivity index (χ3v) is 7.85. The number of rotatable bonds is 8. The summed E-state index contributed by atoms with van der Waals surface area (Å²) in [5, 5.41) is 0. The summed E-state index contributed by atoms with van der Waals surface area (Å²) in [4.78, 5) is 0. The van der Waals surface area contributed by atoms with Gasteiger partial charge in [-0.1, -0.05) is 123 Å². The summed E-state index contributed by atoms with van der Waals surface area (Å²) < 4.78 is 0. The van der Waals surface area contributed by atoms with Gasteiger partial charge in [-0.15, -0.1) is 0 Å². The first-order valence-corrected chi connectivity index (χ1v) is 14.6. The van der Waals surface area contributed by atoms with Crippen molar-refractivity contribution in [2.45, 2.75) is 150 Å². The molecule has 0 amide bonds. The SMILES string of the molecule is CCC1/C=C\CCCCCCC1CC.CCCCC1/C=C\CCCCC(CCCC)C1. The van der Waals surface area contributed by atoms with Crippen LogP contribution < -0.4 is 0 Å². The van der Waals surface area contributed by atoms with Crippen molar-refractivity contribution in [2.24, 2.45) is 23.7 Å². The summed E-state index contributed by atoms with van der Waals surface area (Å²) in [5.41, 5.74) is 0. The van der Waals surface area contributed by atoms with Crippen LogP contribution in [-0.4, -0.2) is 0 Å². The van der Waals surface area contributed by atoms with Crippen molar-refractivity contribution >= 4 is 0 Å². The molecule has 2 rings (SSSR count). The molecule has 0 spiro atoms. The van der Waals surface area contributed by atoms with E-state index in [0.717, 1.165) is 23.7 Å². The highest BCUT2D eigenvalue weighted by Crippen LogP contribution is 2.29. The number of hydrogen-bond donors (Lipinski definition) is 0. The molecule has 0 aromatic rings. The molecule has 0 saturated heterocycles. The summed E-state index contributed by atoms with van der Waals surface area (Å²) in [6, 6.07) is 0. The summed E-state index contributed by atoms with van der Waals surface area (Å²) in [6.45, 7) is 9.33. The molecule has 0 nitrogen and oxygen atoms in total. The van der Waals surface area contributed by atoms with E-state index in [9.17, 15) is 0 Å². The summed E-state index contributed by atoms with van der Waals surface area (Å²) in [5.74, 6) is 3.71. The van der Waals surface area contributed by atoms with Gasteiger partial charge in [0.15, 0.2) is 0 Å². The maximum Gasteiger partial charge on any atom is -0.0208 e. The van der Waals surface area contributed by atoms with Gasteiger partial charge in [-0.3, -0.25) is 0 Å². The second-order valence-electron chi connectivity index (χ2n) is 10.5. The Bertz CT molecular complexity index is 431. The predicted octanol–water partition coefficient (Wildman–Crippen LogP) is 11.1. The fraction of sp³-hybridized carbons (Fsp3) is 0.871. The lowest BCUT2D eigenvalue weighted by Gasteiger charge is -2.23. The van der Waals surface area contributed by atoms with E-state index in [1.807, 2.05) is 0 Å². The Morgan fingerprint density at radius 1 is 0.645 bits per heavy atom. The van der Waals surface area contributed by atoms with Gasteiger partial charge in [0.05, 0.1) is 0 Å². The molecular formula is C31H58. The molecule has 0 aliphatic heterocycles. The Kier molecular flexibility index (Phi) is 18.5. The van der Waals surface area contributed by atoms with Gasteiger partial charge >= 0.3 is 0 Å². The van der Waals surface area contributed by atoms with Gasteiger partial charge in [0.2, 0.25) is 0 Å². The van der Waals surface area contributed by atoms with E-state index in [1.165, 1.54) is 122 Å². The van der Waals surface area contributed by atoms with E-state index in [4.69, 9.17) is 0 Å². The molecule has 2 aliphatic rings. The van der Waals surface area contributed by atoms with Crippen LogP contribution in [0.5, 0.6) is 0 Å². The van der Waals surface area contributed by atoms with E-state index in [2.05, 4.69) is 52.0 Å². The molecule has 4 atom stereocenters. The normalized spacial score (nSPS) is 30.1. The molecule has 0 aromatic heterocycles. The maximum atomic E-state index is 2.54. The molecule has 0 heterocycles. The van der Waals surface area contributed by atoms with Crippen molar-refractivity contribution < 1.29 is 0 Å². The number of hydrogen-bond acceptors (Lipinski definition) is 0. The molecule has 0 fully saturated rings. The third kappa shape index (κ3) is 14.3. The lowest BCUT2D eigenvalue weighted by atomic mass is 9.83. The number of unbranched alkanes of at least 4 members (excludes halogenated alkanes) is 2. The molecular weight excluding hydrogens is 372 g/mol. The maximum absolute atomic E-state index is 2.54. The van der Waals surface area contributed by atoms with Crippen molar-refractivity contribution in [2.75, 3.05) is 0 Å². The first-order valence-electron chi connectivity index (χ1n) is 14.6. The van der Waals surface area contributed by atoms with Gasteiger partial charge in [-0.05, 0) is 75.0 Å². The molecule has 31 heavy (non-hydrogen) atoms. The van der Waals surface area contributed by atoms with Gasteiger partial charge in [-0.2, -0.15) is 0 Å². The molecule has 0 N–H and O–H groups in total. The summed E-state index contributed by atoms with van der Waals surface area (Å²) in [6.07, 6.45) is 36.8. The Morgan fingerprint density at radius 3 is 2.00 bits per heavy atom. The lowest BCUT2D eigenvalue weighted by molar-refractivity contribution is 0.333. The Morgan fingerprint density at radius 2 is 1.29 bits per heavy atom. The van der Waals surface area contributed by atoms with Crippen LogP contribution in [0.4, 0.5) is 0 Å². The standard InChI is InChI=1S/C17H32.C14H26/c1-3-5-11-16-13-9-7-8-10-14-17(15-16)12-6-4-2;1-3-13-11-9-7-5-6-8-10-12-14(13)4-2/h9,13,16-17H,3-8,10-12,14-15H2,1-2H3;9,11,13-14H,3-8,10,12H2,1-2H3/b13-9-;11-9-. The molecule has 2 aliphatic carbocycles. The van der Waals surface area contributed by atoms with E-state index in [0.29, 0.717) is 0 Å². The van der Waals surface area contributed by atoms with Crippen LogP contribution in [0.15, 0.2) is 24.3 Å². The fourth-order valence-corrected chi connectivity index (χ4v) is 5.68. The van der Waals surface area contributed by atoms with Crippen LogP contribution in [0, 0.1) is 23.7 Å². The highest BCUT2D eigenvalue weighted by molar-refractivity contribution is 4.92. The third-order valence-electron chi connectivity index (χ3n) is 7.85. The first kappa shape index (κ1) is 28.5. The number of allylic oxidation sites excluding steroid dienone is 4. The molecule has 0 bridgehead atoms. The van der Waals surface area contributed by atoms with E-state index in [1.54, 1.807) is 0 Å². The zero-order valence-corrected chi connectivity index (χ0v) is 22.1. The topological polar surface area (TPSA) is 0 Å². The lowest BCUT2D eigenvalue weighted by Crippen LogP contribution is -2.11. The van der Waals surface area contributed by atoms with Crippen LogP contribution in [0.3, 0.4) is 0 Å². The van der Waals surface area contributed by atoms with Gasteiger partial charge < -0.3 is 0 Å². The first-order chi connectivity index (χ1) is 15.2. The highest BCUT2D eigenvalue weighted by Gasteiger charge is 2.16. The van der Waals surface area contributed by atoms with Crippen molar-refractivity contribution in [3.63, 3.8) is 0 Å². The minimum Gasteiger partial charge on any atom is -0.0883 e. The fourth-order valence-electron chi connectivity index (χ4n) is 5.68. The Labute approximate surface area is 197 Å². The van der Waals surface area contributed by atoms with Crippen LogP contribution in [0.2, 0.25) is 0 Å². The zero-order valence-electron chi connectivity index (χ0n) is 22.1. The van der Waals surface area contributed by atoms with Crippen molar-refractivity contribution in [3.8, 4) is 0 Å². The predicted molar refractivity (Wildman–Crippen MR) is 143 cm³/mol. The minimum atomic E-state index is 0.859. The molecule has 0 aromatic carbocycles. The molecule has 4 unspecified atom stereocenters. The van der Waals surface area contributed by atoms with Crippen LogP contribution in [0.1, 0.15) is 150 Å².